The first kappa shape index (κ1) is 12.2. The number of carbonyl (C=O) groups excluding carboxylic acids is 1. The fourth-order valence-corrected chi connectivity index (χ4v) is 3.48. The summed E-state index contributed by atoms with van der Waals surface area (Å²) in [4.78, 5) is 11.8. The van der Waals surface area contributed by atoms with Gasteiger partial charge in [0.25, 0.3) is 0 Å². The van der Waals surface area contributed by atoms with Gasteiger partial charge in [0.15, 0.2) is 0 Å². The predicted molar refractivity (Wildman–Crippen MR) is 68.4 cm³/mol. The quantitative estimate of drug-likeness (QED) is 0.768. The Morgan fingerprint density at radius 1 is 1.44 bits per heavy atom. The smallest absolute Gasteiger partial charge is 0.221 e. The molecule has 2 aliphatic rings. The van der Waals surface area contributed by atoms with Gasteiger partial charge in [0.2, 0.25) is 5.91 Å². The lowest BCUT2D eigenvalue weighted by Gasteiger charge is -2.20. The van der Waals surface area contributed by atoms with Crippen LogP contribution in [0.3, 0.4) is 0 Å². The molecule has 0 aromatic carbocycles. The Bertz CT molecular complexity index is 255. The van der Waals surface area contributed by atoms with E-state index in [1.54, 1.807) is 0 Å². The van der Waals surface area contributed by atoms with Crippen LogP contribution in [0.1, 0.15) is 38.5 Å². The van der Waals surface area contributed by atoms with Gasteiger partial charge in [-0.25, -0.2) is 0 Å². The molecule has 0 heterocycles. The molecule has 3 atom stereocenters. The van der Waals surface area contributed by atoms with Crippen molar-refractivity contribution in [2.45, 2.75) is 55.9 Å². The maximum atomic E-state index is 11.8. The second-order valence-corrected chi connectivity index (χ2v) is 6.16. The highest BCUT2D eigenvalue weighted by molar-refractivity contribution is 7.99. The molecule has 0 spiro atoms. The summed E-state index contributed by atoms with van der Waals surface area (Å²) >= 11 is 1.87. The van der Waals surface area contributed by atoms with Crippen LogP contribution < -0.4 is 11.1 Å². The summed E-state index contributed by atoms with van der Waals surface area (Å²) in [5.74, 6) is 0.774. The van der Waals surface area contributed by atoms with Gasteiger partial charge in [0.05, 0.1) is 0 Å². The van der Waals surface area contributed by atoms with Crippen LogP contribution in [0.4, 0.5) is 0 Å². The van der Waals surface area contributed by atoms with E-state index in [2.05, 4.69) is 11.6 Å². The fraction of sp³-hybridized carbons (Fsp3) is 0.917. The van der Waals surface area contributed by atoms with Crippen LogP contribution in [-0.2, 0) is 4.79 Å². The molecule has 92 valence electrons. The van der Waals surface area contributed by atoms with E-state index in [0.717, 1.165) is 6.42 Å². The highest BCUT2D eigenvalue weighted by Crippen LogP contribution is 2.33. The summed E-state index contributed by atoms with van der Waals surface area (Å²) in [6.07, 6.45) is 8.69. The van der Waals surface area contributed by atoms with Crippen molar-refractivity contribution in [2.75, 3.05) is 6.26 Å². The minimum Gasteiger partial charge on any atom is -0.352 e. The third-order valence-corrected chi connectivity index (χ3v) is 4.92. The molecule has 2 fully saturated rings. The normalized spacial score (nSPS) is 31.4. The monoisotopic (exact) mass is 242 g/mol. The zero-order valence-corrected chi connectivity index (χ0v) is 10.8. The van der Waals surface area contributed by atoms with E-state index in [9.17, 15) is 4.79 Å². The van der Waals surface area contributed by atoms with Gasteiger partial charge in [-0.1, -0.05) is 6.42 Å². The van der Waals surface area contributed by atoms with E-state index in [4.69, 9.17) is 5.73 Å². The van der Waals surface area contributed by atoms with Gasteiger partial charge in [-0.2, -0.15) is 11.8 Å². The average Bonchev–Trinajstić information content (AvgIpc) is 3.00. The van der Waals surface area contributed by atoms with Crippen LogP contribution in [0.25, 0.3) is 0 Å². The number of hydrogen-bond acceptors (Lipinski definition) is 3. The van der Waals surface area contributed by atoms with Crippen molar-refractivity contribution in [2.24, 2.45) is 11.7 Å². The van der Waals surface area contributed by atoms with Crippen molar-refractivity contribution in [1.29, 1.82) is 0 Å². The lowest BCUT2D eigenvalue weighted by molar-refractivity contribution is -0.122. The Morgan fingerprint density at radius 3 is 2.81 bits per heavy atom. The zero-order chi connectivity index (χ0) is 11.5. The van der Waals surface area contributed by atoms with Crippen LogP contribution in [0.15, 0.2) is 0 Å². The molecule has 16 heavy (non-hydrogen) atoms. The molecule has 0 aromatic rings. The molecule has 3 N–H and O–H groups in total. The molecule has 1 amide bonds. The molecular weight excluding hydrogens is 220 g/mol. The predicted octanol–water partition coefficient (Wildman–Crippen LogP) is 1.51. The standard InChI is InChI=1S/C12H22N2OS/c1-16-11-4-2-3-10(11)14-12(15)7-9(13)8-5-6-8/h8-11H,2-7,13H2,1H3,(H,14,15). The van der Waals surface area contributed by atoms with Gasteiger partial charge < -0.3 is 11.1 Å². The zero-order valence-electron chi connectivity index (χ0n) is 9.95. The number of nitrogens with two attached hydrogens (primary N) is 1. The van der Waals surface area contributed by atoms with E-state index in [1.807, 2.05) is 11.8 Å². The molecule has 0 radical (unpaired) electrons. The van der Waals surface area contributed by atoms with Crippen LogP contribution in [0.5, 0.6) is 0 Å². The first-order chi connectivity index (χ1) is 7.70. The molecule has 2 aliphatic carbocycles. The Hall–Kier alpha value is -0.220. The average molecular weight is 242 g/mol. The number of rotatable bonds is 5. The van der Waals surface area contributed by atoms with E-state index < -0.39 is 0 Å². The lowest BCUT2D eigenvalue weighted by Crippen LogP contribution is -2.41. The molecule has 3 nitrogen and oxygen atoms in total. The summed E-state index contributed by atoms with van der Waals surface area (Å²) < 4.78 is 0. The topological polar surface area (TPSA) is 55.1 Å². The second kappa shape index (κ2) is 5.41. The Kier molecular flexibility index (Phi) is 4.14. The van der Waals surface area contributed by atoms with Crippen molar-refractivity contribution in [1.82, 2.24) is 5.32 Å². The first-order valence-electron chi connectivity index (χ1n) is 6.28. The molecule has 0 aromatic heterocycles. The molecule has 0 saturated heterocycles. The molecule has 0 aliphatic heterocycles. The third-order valence-electron chi connectivity index (χ3n) is 3.75. The molecule has 4 heteroatoms. The van der Waals surface area contributed by atoms with Crippen LogP contribution in [0, 0.1) is 5.92 Å². The summed E-state index contributed by atoms with van der Waals surface area (Å²) in [5, 5.41) is 3.77. The number of thioether (sulfide) groups is 1. The van der Waals surface area contributed by atoms with Crippen LogP contribution in [-0.4, -0.2) is 29.5 Å². The van der Waals surface area contributed by atoms with Crippen molar-refractivity contribution in [3.63, 3.8) is 0 Å². The highest BCUT2D eigenvalue weighted by Gasteiger charge is 2.32. The summed E-state index contributed by atoms with van der Waals surface area (Å²) in [6.45, 7) is 0. The van der Waals surface area contributed by atoms with E-state index >= 15 is 0 Å². The van der Waals surface area contributed by atoms with Gasteiger partial charge in [-0.15, -0.1) is 0 Å². The number of amides is 1. The minimum atomic E-state index is 0.0918. The number of hydrogen-bond donors (Lipinski definition) is 2. The maximum Gasteiger partial charge on any atom is 0.221 e. The van der Waals surface area contributed by atoms with Crippen LogP contribution >= 0.6 is 11.8 Å². The van der Waals surface area contributed by atoms with Gasteiger partial charge >= 0.3 is 0 Å². The van der Waals surface area contributed by atoms with E-state index in [0.29, 0.717) is 23.6 Å². The molecule has 0 bridgehead atoms. The number of carbonyl (C=O) groups is 1. The maximum absolute atomic E-state index is 11.8. The minimum absolute atomic E-state index is 0.0918. The van der Waals surface area contributed by atoms with Gasteiger partial charge in [0, 0.05) is 23.8 Å². The third kappa shape index (κ3) is 3.14. The summed E-state index contributed by atoms with van der Waals surface area (Å²) in [6, 6.07) is 0.475. The molecule has 3 unspecified atom stereocenters. The fourth-order valence-electron chi connectivity index (χ4n) is 2.54. The Balaban J connectivity index is 1.73. The van der Waals surface area contributed by atoms with Gasteiger partial charge in [-0.05, 0) is 37.9 Å². The summed E-state index contributed by atoms with van der Waals surface area (Å²) in [7, 11) is 0. The van der Waals surface area contributed by atoms with Gasteiger partial charge in [0.1, 0.15) is 0 Å². The van der Waals surface area contributed by atoms with Crippen molar-refractivity contribution >= 4 is 17.7 Å². The summed E-state index contributed by atoms with van der Waals surface area (Å²) in [5.41, 5.74) is 5.96. The largest absolute Gasteiger partial charge is 0.352 e. The van der Waals surface area contributed by atoms with Crippen molar-refractivity contribution in [3.05, 3.63) is 0 Å². The second-order valence-electron chi connectivity index (χ2n) is 5.08. The first-order valence-corrected chi connectivity index (χ1v) is 7.57. The van der Waals surface area contributed by atoms with Crippen molar-refractivity contribution in [3.8, 4) is 0 Å². The van der Waals surface area contributed by atoms with Gasteiger partial charge in [-0.3, -0.25) is 4.79 Å². The number of nitrogens with one attached hydrogen (secondary N) is 1. The van der Waals surface area contributed by atoms with Crippen LogP contribution in [0.2, 0.25) is 0 Å². The van der Waals surface area contributed by atoms with E-state index in [-0.39, 0.29) is 11.9 Å². The SMILES string of the molecule is CSC1CCCC1NC(=O)CC(N)C1CC1. The Morgan fingerprint density at radius 2 is 2.19 bits per heavy atom. The highest BCUT2D eigenvalue weighted by atomic mass is 32.2. The molecular formula is C12H22N2OS. The lowest BCUT2D eigenvalue weighted by atomic mass is 10.1. The van der Waals surface area contributed by atoms with E-state index in [1.165, 1.54) is 25.7 Å². The van der Waals surface area contributed by atoms with Crippen molar-refractivity contribution < 1.29 is 4.79 Å². The Labute approximate surface area is 102 Å². The molecule has 2 rings (SSSR count). The molecule has 2 saturated carbocycles.